The van der Waals surface area contributed by atoms with Crippen LogP contribution in [0.5, 0.6) is 0 Å². The SMILES string of the molecule is CCOC(=O)C1CC2(C)C(CCC3(C)C(C)CC(OC(C)=O)C(=O)C32)C(=O)O1. The predicted molar refractivity (Wildman–Crippen MR) is 97.9 cm³/mol. The van der Waals surface area contributed by atoms with E-state index in [9.17, 15) is 19.2 Å². The van der Waals surface area contributed by atoms with Gasteiger partial charge >= 0.3 is 17.9 Å². The summed E-state index contributed by atoms with van der Waals surface area (Å²) in [5.41, 5.74) is -1.07. The predicted octanol–water partition coefficient (Wildman–Crippen LogP) is 2.44. The summed E-state index contributed by atoms with van der Waals surface area (Å²) in [5.74, 6) is -2.45. The smallest absolute Gasteiger partial charge is 0.347 e. The molecule has 1 aliphatic heterocycles. The maximum atomic E-state index is 13.5. The molecule has 0 N–H and O–H groups in total. The van der Waals surface area contributed by atoms with Crippen LogP contribution in [0.4, 0.5) is 0 Å². The monoisotopic (exact) mass is 394 g/mol. The first-order valence-corrected chi connectivity index (χ1v) is 10.1. The highest BCUT2D eigenvalue weighted by molar-refractivity contribution is 5.91. The molecule has 0 bridgehead atoms. The first-order valence-electron chi connectivity index (χ1n) is 10.1. The lowest BCUT2D eigenvalue weighted by molar-refractivity contribution is -0.211. The Kier molecular flexibility index (Phi) is 5.32. The Hall–Kier alpha value is -1.92. The maximum Gasteiger partial charge on any atom is 0.347 e. The molecule has 1 heterocycles. The molecule has 0 aromatic rings. The summed E-state index contributed by atoms with van der Waals surface area (Å²) in [6.45, 7) is 9.26. The molecule has 2 saturated carbocycles. The van der Waals surface area contributed by atoms with Crippen LogP contribution in [-0.4, -0.2) is 42.5 Å². The number of cyclic esters (lactones) is 1. The van der Waals surface area contributed by atoms with Gasteiger partial charge in [-0.3, -0.25) is 14.4 Å². The number of esters is 3. The van der Waals surface area contributed by atoms with E-state index in [0.29, 0.717) is 12.8 Å². The van der Waals surface area contributed by atoms with E-state index in [1.54, 1.807) is 6.92 Å². The number of ether oxygens (including phenoxy) is 3. The van der Waals surface area contributed by atoms with Crippen LogP contribution in [0.2, 0.25) is 0 Å². The number of rotatable bonds is 3. The average molecular weight is 394 g/mol. The molecule has 1 saturated heterocycles. The molecule has 28 heavy (non-hydrogen) atoms. The van der Waals surface area contributed by atoms with Crippen molar-refractivity contribution in [1.29, 1.82) is 0 Å². The Morgan fingerprint density at radius 1 is 1.21 bits per heavy atom. The summed E-state index contributed by atoms with van der Waals surface area (Å²) >= 11 is 0. The van der Waals surface area contributed by atoms with Gasteiger partial charge in [-0.2, -0.15) is 0 Å². The fraction of sp³-hybridized carbons (Fsp3) is 0.810. The van der Waals surface area contributed by atoms with E-state index in [0.717, 1.165) is 6.42 Å². The Morgan fingerprint density at radius 3 is 2.50 bits per heavy atom. The Bertz CT molecular complexity index is 701. The topological polar surface area (TPSA) is 96.0 Å². The summed E-state index contributed by atoms with van der Waals surface area (Å²) in [4.78, 5) is 50.0. The van der Waals surface area contributed by atoms with Crippen molar-refractivity contribution in [3.8, 4) is 0 Å². The van der Waals surface area contributed by atoms with E-state index in [1.165, 1.54) is 6.92 Å². The van der Waals surface area contributed by atoms with E-state index in [1.807, 2.05) is 6.92 Å². The molecule has 7 nitrogen and oxygen atoms in total. The van der Waals surface area contributed by atoms with Crippen LogP contribution in [0.15, 0.2) is 0 Å². The Morgan fingerprint density at radius 2 is 1.89 bits per heavy atom. The lowest BCUT2D eigenvalue weighted by atomic mass is 9.43. The summed E-state index contributed by atoms with van der Waals surface area (Å²) in [5, 5.41) is 0. The lowest BCUT2D eigenvalue weighted by Gasteiger charge is -2.61. The van der Waals surface area contributed by atoms with Crippen LogP contribution in [0.3, 0.4) is 0 Å². The standard InChI is InChI=1S/C21H30O7/c1-6-26-19(25)15-10-21(5)13(18(24)28-15)7-8-20(4)11(2)9-14(27-12(3)22)16(23)17(20)21/h11,13-15,17H,6-10H2,1-5H3. The van der Waals surface area contributed by atoms with Crippen molar-refractivity contribution in [2.24, 2.45) is 28.6 Å². The van der Waals surface area contributed by atoms with Gasteiger partial charge in [-0.15, -0.1) is 0 Å². The zero-order valence-corrected chi connectivity index (χ0v) is 17.3. The van der Waals surface area contributed by atoms with Gasteiger partial charge in [0.1, 0.15) is 0 Å². The third-order valence-corrected chi connectivity index (χ3v) is 7.41. The zero-order chi connectivity index (χ0) is 20.9. The molecule has 0 spiro atoms. The van der Waals surface area contributed by atoms with Crippen molar-refractivity contribution in [2.75, 3.05) is 6.61 Å². The van der Waals surface area contributed by atoms with Gasteiger partial charge in [-0.05, 0) is 42.9 Å². The van der Waals surface area contributed by atoms with Crippen molar-refractivity contribution in [1.82, 2.24) is 0 Å². The van der Waals surface area contributed by atoms with Crippen LogP contribution in [-0.2, 0) is 33.4 Å². The number of carbonyl (C=O) groups is 4. The quantitative estimate of drug-likeness (QED) is 0.536. The van der Waals surface area contributed by atoms with Crippen LogP contribution in [0, 0.1) is 28.6 Å². The molecule has 2 aliphatic carbocycles. The largest absolute Gasteiger partial charge is 0.463 e. The van der Waals surface area contributed by atoms with E-state index in [2.05, 4.69) is 13.8 Å². The number of Topliss-reactive ketones (excluding diaryl/α,β-unsaturated/α-hetero) is 1. The second-order valence-corrected chi connectivity index (χ2v) is 9.05. The first-order chi connectivity index (χ1) is 13.0. The van der Waals surface area contributed by atoms with Gasteiger partial charge in [0.2, 0.25) is 0 Å². The summed E-state index contributed by atoms with van der Waals surface area (Å²) in [6, 6.07) is 0. The first kappa shape index (κ1) is 20.8. The van der Waals surface area contributed by atoms with Gasteiger partial charge in [0.25, 0.3) is 0 Å². The van der Waals surface area contributed by atoms with Crippen molar-refractivity contribution in [3.05, 3.63) is 0 Å². The molecule has 0 radical (unpaired) electrons. The van der Waals surface area contributed by atoms with Gasteiger partial charge in [0.15, 0.2) is 18.0 Å². The highest BCUT2D eigenvalue weighted by Crippen LogP contribution is 2.63. The van der Waals surface area contributed by atoms with Crippen LogP contribution in [0.1, 0.15) is 60.3 Å². The molecule has 156 valence electrons. The average Bonchev–Trinajstić information content (AvgIpc) is 2.58. The maximum absolute atomic E-state index is 13.5. The molecule has 0 amide bonds. The van der Waals surface area contributed by atoms with Crippen LogP contribution < -0.4 is 0 Å². The fourth-order valence-corrected chi connectivity index (χ4v) is 5.94. The normalized spacial score (nSPS) is 42.7. The van der Waals surface area contributed by atoms with Gasteiger partial charge in [-0.25, -0.2) is 4.79 Å². The van der Waals surface area contributed by atoms with Gasteiger partial charge in [0, 0.05) is 19.3 Å². The number of ketones is 1. The van der Waals surface area contributed by atoms with Gasteiger partial charge in [-0.1, -0.05) is 20.8 Å². The summed E-state index contributed by atoms with van der Waals surface area (Å²) < 4.78 is 15.8. The summed E-state index contributed by atoms with van der Waals surface area (Å²) in [6.07, 6.45) is 0.254. The van der Waals surface area contributed by atoms with E-state index >= 15 is 0 Å². The second kappa shape index (κ2) is 7.16. The number of hydrogen-bond acceptors (Lipinski definition) is 7. The minimum atomic E-state index is -1.01. The molecule has 0 aromatic heterocycles. The molecular weight excluding hydrogens is 364 g/mol. The fourth-order valence-electron chi connectivity index (χ4n) is 5.94. The molecular formula is C21H30O7. The second-order valence-electron chi connectivity index (χ2n) is 9.05. The van der Waals surface area contributed by atoms with Crippen molar-refractivity contribution in [2.45, 2.75) is 72.5 Å². The molecule has 3 fully saturated rings. The van der Waals surface area contributed by atoms with Crippen LogP contribution in [0.25, 0.3) is 0 Å². The molecule has 3 aliphatic rings. The van der Waals surface area contributed by atoms with Crippen LogP contribution >= 0.6 is 0 Å². The Balaban J connectivity index is 2.00. The third kappa shape index (κ3) is 3.12. The van der Waals surface area contributed by atoms with Gasteiger partial charge in [0.05, 0.1) is 12.5 Å². The number of carbonyl (C=O) groups excluding carboxylic acids is 4. The number of hydrogen-bond donors (Lipinski definition) is 0. The Labute approximate surface area is 165 Å². The van der Waals surface area contributed by atoms with Crippen molar-refractivity contribution >= 4 is 23.7 Å². The minimum Gasteiger partial charge on any atom is -0.463 e. The molecule has 7 heteroatoms. The lowest BCUT2D eigenvalue weighted by Crippen LogP contribution is -2.64. The molecule has 3 rings (SSSR count). The molecule has 0 aromatic carbocycles. The number of fused-ring (bicyclic) bond motifs is 3. The third-order valence-electron chi connectivity index (χ3n) is 7.41. The zero-order valence-electron chi connectivity index (χ0n) is 17.3. The van der Waals surface area contributed by atoms with E-state index < -0.39 is 47.4 Å². The minimum absolute atomic E-state index is 0.135. The van der Waals surface area contributed by atoms with E-state index in [-0.39, 0.29) is 30.1 Å². The highest BCUT2D eigenvalue weighted by atomic mass is 16.6. The summed E-state index contributed by atoms with van der Waals surface area (Å²) in [7, 11) is 0. The van der Waals surface area contributed by atoms with Gasteiger partial charge < -0.3 is 14.2 Å². The van der Waals surface area contributed by atoms with E-state index in [4.69, 9.17) is 14.2 Å². The molecule has 7 unspecified atom stereocenters. The highest BCUT2D eigenvalue weighted by Gasteiger charge is 2.66. The molecule has 7 atom stereocenters. The van der Waals surface area contributed by atoms with Crippen molar-refractivity contribution < 1.29 is 33.4 Å². The van der Waals surface area contributed by atoms with Crippen molar-refractivity contribution in [3.63, 3.8) is 0 Å².